The van der Waals surface area contributed by atoms with Gasteiger partial charge in [-0.1, -0.05) is 6.92 Å². The Morgan fingerprint density at radius 2 is 1.89 bits per heavy atom. The molecule has 0 bridgehead atoms. The normalized spacial score (nSPS) is 24.7. The van der Waals surface area contributed by atoms with Crippen LogP contribution in [0.5, 0.6) is 0 Å². The summed E-state index contributed by atoms with van der Waals surface area (Å²) in [5.74, 6) is 0. The number of rotatable bonds is 2. The van der Waals surface area contributed by atoms with Crippen molar-refractivity contribution in [3.8, 4) is 0 Å². The average Bonchev–Trinajstić information content (AvgIpc) is 2.37. The molecule has 9 heavy (non-hydrogen) atoms. The minimum atomic E-state index is 0.826. The van der Waals surface area contributed by atoms with Gasteiger partial charge in [-0.2, -0.15) is 0 Å². The molecule has 0 unspecified atom stereocenters. The van der Waals surface area contributed by atoms with Gasteiger partial charge in [-0.25, -0.2) is 0 Å². The van der Waals surface area contributed by atoms with Gasteiger partial charge in [-0.15, -0.1) is 0 Å². The fourth-order valence-corrected chi connectivity index (χ4v) is 1.44. The van der Waals surface area contributed by atoms with Crippen LogP contribution in [0.15, 0.2) is 0 Å². The minimum absolute atomic E-state index is 0.826. The first-order chi connectivity index (χ1) is 4.34. The maximum Gasteiger partial charge on any atom is 0.00643 e. The second kappa shape index (κ2) is 3.21. The van der Waals surface area contributed by atoms with Gasteiger partial charge in [-0.3, -0.25) is 0 Å². The lowest BCUT2D eigenvalue weighted by Crippen LogP contribution is -2.29. The van der Waals surface area contributed by atoms with Gasteiger partial charge >= 0.3 is 0 Å². The van der Waals surface area contributed by atoms with Crippen molar-refractivity contribution in [3.05, 3.63) is 0 Å². The van der Waals surface area contributed by atoms with E-state index < -0.39 is 0 Å². The van der Waals surface area contributed by atoms with E-state index in [1.807, 2.05) is 0 Å². The Labute approximate surface area is 58.0 Å². The van der Waals surface area contributed by atoms with Gasteiger partial charge in [0.25, 0.3) is 0 Å². The third kappa shape index (κ3) is 1.68. The highest BCUT2D eigenvalue weighted by Gasteiger charge is 2.15. The molecule has 1 aliphatic rings. The lowest BCUT2D eigenvalue weighted by atomic mass is 10.2. The summed E-state index contributed by atoms with van der Waals surface area (Å²) >= 11 is 0. The molecule has 0 spiro atoms. The Hall–Kier alpha value is -0.0400. The zero-order valence-electron chi connectivity index (χ0n) is 6.56. The molecule has 1 heterocycles. The summed E-state index contributed by atoms with van der Waals surface area (Å²) in [5, 5.41) is 0. The molecule has 0 aromatic heterocycles. The van der Waals surface area contributed by atoms with Crippen molar-refractivity contribution in [2.24, 2.45) is 0 Å². The van der Waals surface area contributed by atoms with E-state index in [1.54, 1.807) is 0 Å². The predicted octanol–water partition coefficient (Wildman–Crippen LogP) is 1.88. The van der Waals surface area contributed by atoms with Gasteiger partial charge in [0.15, 0.2) is 0 Å². The molecule has 1 rings (SSSR count). The maximum atomic E-state index is 2.58. The topological polar surface area (TPSA) is 3.24 Å². The molecule has 0 aromatic carbocycles. The Balaban J connectivity index is 2.24. The highest BCUT2D eigenvalue weighted by molar-refractivity contribution is 4.71. The van der Waals surface area contributed by atoms with Crippen molar-refractivity contribution in [2.75, 3.05) is 13.1 Å². The lowest BCUT2D eigenvalue weighted by molar-refractivity contribution is 0.253. The van der Waals surface area contributed by atoms with Gasteiger partial charge in [0.1, 0.15) is 0 Å². The number of hydrogen-bond donors (Lipinski definition) is 0. The molecular weight excluding hydrogens is 110 g/mol. The van der Waals surface area contributed by atoms with Crippen LogP contribution in [0.25, 0.3) is 0 Å². The van der Waals surface area contributed by atoms with E-state index in [4.69, 9.17) is 0 Å². The molecular formula is C8H17N. The van der Waals surface area contributed by atoms with E-state index >= 15 is 0 Å². The predicted molar refractivity (Wildman–Crippen MR) is 40.6 cm³/mol. The number of likely N-dealkylation sites (tertiary alicyclic amines) is 1. The fraction of sp³-hybridized carbons (Fsp3) is 1.00. The number of hydrogen-bond acceptors (Lipinski definition) is 1. The summed E-state index contributed by atoms with van der Waals surface area (Å²) in [7, 11) is 0. The van der Waals surface area contributed by atoms with E-state index in [0.29, 0.717) is 0 Å². The van der Waals surface area contributed by atoms with Crippen LogP contribution >= 0.6 is 0 Å². The largest absolute Gasteiger partial charge is 0.301 e. The smallest absolute Gasteiger partial charge is 0.00643 e. The molecule has 0 radical (unpaired) electrons. The number of nitrogens with zero attached hydrogens (tertiary/aromatic N) is 1. The molecule has 1 heteroatoms. The van der Waals surface area contributed by atoms with Crippen LogP contribution in [0.4, 0.5) is 0 Å². The quantitative estimate of drug-likeness (QED) is 0.547. The summed E-state index contributed by atoms with van der Waals surface area (Å²) in [6.45, 7) is 7.28. The molecule has 1 saturated heterocycles. The van der Waals surface area contributed by atoms with Gasteiger partial charge < -0.3 is 4.90 Å². The first-order valence-corrected chi connectivity index (χ1v) is 4.08. The van der Waals surface area contributed by atoms with Crippen LogP contribution in [-0.4, -0.2) is 24.0 Å². The lowest BCUT2D eigenvalue weighted by Gasteiger charge is -2.21. The van der Waals surface area contributed by atoms with Crippen molar-refractivity contribution in [3.63, 3.8) is 0 Å². The van der Waals surface area contributed by atoms with Crippen molar-refractivity contribution in [2.45, 2.75) is 39.2 Å². The van der Waals surface area contributed by atoms with Crippen LogP contribution < -0.4 is 0 Å². The van der Waals surface area contributed by atoms with Crippen molar-refractivity contribution < 1.29 is 0 Å². The Bertz CT molecular complexity index is 74.6. The molecule has 1 nitrogen and oxygen atoms in total. The van der Waals surface area contributed by atoms with Crippen LogP contribution in [0.2, 0.25) is 0 Å². The molecule has 54 valence electrons. The van der Waals surface area contributed by atoms with Crippen molar-refractivity contribution in [1.29, 1.82) is 0 Å². The Morgan fingerprint density at radius 3 is 2.33 bits per heavy atom. The first kappa shape index (κ1) is 7.07. The van der Waals surface area contributed by atoms with E-state index in [1.165, 1.54) is 32.4 Å². The highest BCUT2D eigenvalue weighted by Crippen LogP contribution is 2.12. The molecule has 0 aliphatic carbocycles. The minimum Gasteiger partial charge on any atom is -0.301 e. The molecule has 0 amide bonds. The maximum absolute atomic E-state index is 2.58. The standard InChI is InChI=1S/C8H17N/c1-3-8(2)9-6-4-5-7-9/h8H,3-7H2,1-2H3/t8-/m1/s1. The zero-order valence-corrected chi connectivity index (χ0v) is 6.56. The van der Waals surface area contributed by atoms with E-state index in [2.05, 4.69) is 18.7 Å². The SMILES string of the molecule is CC[C@@H](C)N1CCCC1. The van der Waals surface area contributed by atoms with Crippen molar-refractivity contribution in [1.82, 2.24) is 4.90 Å². The van der Waals surface area contributed by atoms with Gasteiger partial charge in [0.05, 0.1) is 0 Å². The van der Waals surface area contributed by atoms with Crippen LogP contribution in [0.3, 0.4) is 0 Å². The molecule has 0 aromatic rings. The molecule has 1 aliphatic heterocycles. The summed E-state index contributed by atoms with van der Waals surface area (Å²) in [4.78, 5) is 2.58. The summed E-state index contributed by atoms with van der Waals surface area (Å²) in [6.07, 6.45) is 4.15. The third-order valence-corrected chi connectivity index (χ3v) is 2.35. The zero-order chi connectivity index (χ0) is 6.69. The second-order valence-electron chi connectivity index (χ2n) is 3.00. The molecule has 1 fully saturated rings. The van der Waals surface area contributed by atoms with E-state index in [-0.39, 0.29) is 0 Å². The molecule has 0 saturated carbocycles. The van der Waals surface area contributed by atoms with Crippen LogP contribution in [0.1, 0.15) is 33.1 Å². The Kier molecular flexibility index (Phi) is 2.52. The van der Waals surface area contributed by atoms with Crippen LogP contribution in [-0.2, 0) is 0 Å². The average molecular weight is 127 g/mol. The fourth-order valence-electron chi connectivity index (χ4n) is 1.44. The second-order valence-corrected chi connectivity index (χ2v) is 3.00. The van der Waals surface area contributed by atoms with E-state index in [9.17, 15) is 0 Å². The summed E-state index contributed by atoms with van der Waals surface area (Å²) in [6, 6.07) is 0.826. The molecule has 1 atom stereocenters. The first-order valence-electron chi connectivity index (χ1n) is 4.08. The van der Waals surface area contributed by atoms with Gasteiger partial charge in [0.2, 0.25) is 0 Å². The summed E-state index contributed by atoms with van der Waals surface area (Å²) < 4.78 is 0. The van der Waals surface area contributed by atoms with Crippen LogP contribution in [0, 0.1) is 0 Å². The Morgan fingerprint density at radius 1 is 1.33 bits per heavy atom. The monoisotopic (exact) mass is 127 g/mol. The molecule has 0 N–H and O–H groups in total. The summed E-state index contributed by atoms with van der Waals surface area (Å²) in [5.41, 5.74) is 0. The van der Waals surface area contributed by atoms with Gasteiger partial charge in [0, 0.05) is 6.04 Å². The van der Waals surface area contributed by atoms with Crippen molar-refractivity contribution >= 4 is 0 Å². The van der Waals surface area contributed by atoms with Gasteiger partial charge in [-0.05, 0) is 39.3 Å². The third-order valence-electron chi connectivity index (χ3n) is 2.35. The highest BCUT2D eigenvalue weighted by atomic mass is 15.2. The van der Waals surface area contributed by atoms with E-state index in [0.717, 1.165) is 6.04 Å².